The van der Waals surface area contributed by atoms with E-state index < -0.39 is 0 Å². The van der Waals surface area contributed by atoms with E-state index in [1.807, 2.05) is 4.90 Å². The molecular weight excluding hydrogens is 234 g/mol. The van der Waals surface area contributed by atoms with Crippen LogP contribution in [0.15, 0.2) is 0 Å². The number of nitrogens with zero attached hydrogens (tertiary/aromatic N) is 3. The van der Waals surface area contributed by atoms with Crippen LogP contribution < -0.4 is 0 Å². The van der Waals surface area contributed by atoms with Crippen molar-refractivity contribution < 1.29 is 14.3 Å². The molecule has 2 aliphatic rings. The van der Waals surface area contributed by atoms with E-state index in [0.29, 0.717) is 13.2 Å². The topological polar surface area (TPSA) is 53.1 Å². The molecule has 6 nitrogen and oxygen atoms in total. The van der Waals surface area contributed by atoms with Crippen LogP contribution in [0.4, 0.5) is 4.79 Å². The van der Waals surface area contributed by atoms with Gasteiger partial charge in [0, 0.05) is 39.6 Å². The van der Waals surface area contributed by atoms with Crippen molar-refractivity contribution in [3.63, 3.8) is 0 Å². The molecule has 0 bridgehead atoms. The van der Waals surface area contributed by atoms with Gasteiger partial charge >= 0.3 is 6.09 Å². The van der Waals surface area contributed by atoms with Gasteiger partial charge in [-0.05, 0) is 13.0 Å². The summed E-state index contributed by atoms with van der Waals surface area (Å²) in [7, 11) is 0. The van der Waals surface area contributed by atoms with E-state index in [2.05, 4.69) is 4.90 Å². The van der Waals surface area contributed by atoms with Crippen molar-refractivity contribution in [1.29, 1.82) is 0 Å². The summed E-state index contributed by atoms with van der Waals surface area (Å²) in [5, 5.41) is 0. The van der Waals surface area contributed by atoms with Crippen LogP contribution in [0, 0.1) is 0 Å². The molecule has 2 amide bonds. The third kappa shape index (κ3) is 3.35. The van der Waals surface area contributed by atoms with Gasteiger partial charge in [0.1, 0.15) is 6.61 Å². The first kappa shape index (κ1) is 13.1. The first-order chi connectivity index (χ1) is 8.66. The lowest BCUT2D eigenvalue weighted by Crippen LogP contribution is -2.38. The molecule has 0 aromatic rings. The highest BCUT2D eigenvalue weighted by Gasteiger charge is 2.23. The van der Waals surface area contributed by atoms with Crippen LogP contribution in [0.25, 0.3) is 0 Å². The molecule has 2 saturated heterocycles. The van der Waals surface area contributed by atoms with Crippen molar-refractivity contribution in [3.8, 4) is 0 Å². The molecule has 0 spiro atoms. The van der Waals surface area contributed by atoms with Crippen LogP contribution in [0.2, 0.25) is 0 Å². The largest absolute Gasteiger partial charge is 0.448 e. The number of cyclic esters (lactones) is 1. The molecule has 6 heteroatoms. The van der Waals surface area contributed by atoms with Crippen molar-refractivity contribution >= 4 is 12.0 Å². The summed E-state index contributed by atoms with van der Waals surface area (Å²) in [5.74, 6) is 0.153. The second kappa shape index (κ2) is 6.04. The van der Waals surface area contributed by atoms with Crippen molar-refractivity contribution in [2.24, 2.45) is 0 Å². The maximum absolute atomic E-state index is 11.3. The zero-order valence-electron chi connectivity index (χ0n) is 10.9. The van der Waals surface area contributed by atoms with Gasteiger partial charge < -0.3 is 14.5 Å². The minimum atomic E-state index is -0.199. The number of carbonyl (C=O) groups excluding carboxylic acids is 2. The number of carbonyl (C=O) groups is 2. The number of rotatable bonds is 3. The minimum absolute atomic E-state index is 0.153. The number of amides is 2. The molecule has 0 saturated carbocycles. The van der Waals surface area contributed by atoms with Gasteiger partial charge in [0.25, 0.3) is 0 Å². The summed E-state index contributed by atoms with van der Waals surface area (Å²) in [5.41, 5.74) is 0. The molecule has 0 aliphatic carbocycles. The Morgan fingerprint density at radius 1 is 1.17 bits per heavy atom. The summed E-state index contributed by atoms with van der Waals surface area (Å²) < 4.78 is 4.89. The fourth-order valence-corrected chi connectivity index (χ4v) is 2.40. The lowest BCUT2D eigenvalue weighted by Gasteiger charge is -2.23. The monoisotopic (exact) mass is 255 g/mol. The Bertz CT molecular complexity index is 322. The first-order valence-corrected chi connectivity index (χ1v) is 6.56. The Hall–Kier alpha value is -1.30. The summed E-state index contributed by atoms with van der Waals surface area (Å²) in [4.78, 5) is 28.5. The maximum atomic E-state index is 11.3. The minimum Gasteiger partial charge on any atom is -0.448 e. The van der Waals surface area contributed by atoms with Crippen molar-refractivity contribution in [2.45, 2.75) is 13.3 Å². The molecule has 0 N–H and O–H groups in total. The van der Waals surface area contributed by atoms with Crippen LogP contribution in [0.5, 0.6) is 0 Å². The highest BCUT2D eigenvalue weighted by molar-refractivity contribution is 5.73. The molecule has 2 rings (SSSR count). The maximum Gasteiger partial charge on any atom is 0.409 e. The van der Waals surface area contributed by atoms with E-state index in [1.54, 1.807) is 11.8 Å². The van der Waals surface area contributed by atoms with E-state index >= 15 is 0 Å². The SMILES string of the molecule is CC(=O)N1CCCN(CCN2CCOC2=O)CC1. The highest BCUT2D eigenvalue weighted by atomic mass is 16.6. The zero-order chi connectivity index (χ0) is 13.0. The van der Waals surface area contributed by atoms with Gasteiger partial charge in [-0.25, -0.2) is 4.79 Å². The molecular formula is C12H21N3O3. The van der Waals surface area contributed by atoms with Crippen molar-refractivity contribution in [1.82, 2.24) is 14.7 Å². The molecule has 18 heavy (non-hydrogen) atoms. The van der Waals surface area contributed by atoms with Crippen molar-refractivity contribution in [3.05, 3.63) is 0 Å². The fraction of sp³-hybridized carbons (Fsp3) is 0.833. The molecule has 2 fully saturated rings. The Balaban J connectivity index is 1.73. The van der Waals surface area contributed by atoms with E-state index in [4.69, 9.17) is 4.74 Å². The fourth-order valence-electron chi connectivity index (χ4n) is 2.40. The Kier molecular flexibility index (Phi) is 4.41. The van der Waals surface area contributed by atoms with E-state index in [-0.39, 0.29) is 12.0 Å². The average Bonchev–Trinajstić information content (AvgIpc) is 2.62. The number of hydrogen-bond acceptors (Lipinski definition) is 4. The molecule has 2 heterocycles. The smallest absolute Gasteiger partial charge is 0.409 e. The summed E-state index contributed by atoms with van der Waals surface area (Å²) in [6, 6.07) is 0. The Morgan fingerprint density at radius 2 is 2.00 bits per heavy atom. The Morgan fingerprint density at radius 3 is 2.67 bits per heavy atom. The molecule has 0 unspecified atom stereocenters. The van der Waals surface area contributed by atoms with E-state index in [9.17, 15) is 9.59 Å². The summed E-state index contributed by atoms with van der Waals surface area (Å²) >= 11 is 0. The van der Waals surface area contributed by atoms with Crippen molar-refractivity contribution in [2.75, 3.05) is 52.4 Å². The van der Waals surface area contributed by atoms with Crippen LogP contribution in [-0.2, 0) is 9.53 Å². The number of ether oxygens (including phenoxy) is 1. The third-order valence-corrected chi connectivity index (χ3v) is 3.56. The summed E-state index contributed by atoms with van der Waals surface area (Å²) in [6.45, 7) is 7.94. The van der Waals surface area contributed by atoms with E-state index in [1.165, 1.54) is 0 Å². The molecule has 2 aliphatic heterocycles. The molecule has 0 aromatic carbocycles. The lowest BCUT2D eigenvalue weighted by molar-refractivity contribution is -0.128. The van der Waals surface area contributed by atoms with Gasteiger partial charge in [0.05, 0.1) is 6.54 Å². The van der Waals surface area contributed by atoms with Gasteiger partial charge in [0.15, 0.2) is 0 Å². The average molecular weight is 255 g/mol. The predicted molar refractivity (Wildman–Crippen MR) is 66.2 cm³/mol. The van der Waals surface area contributed by atoms with E-state index in [0.717, 1.165) is 45.7 Å². The predicted octanol–water partition coefficient (Wildman–Crippen LogP) is -0.00720. The van der Waals surface area contributed by atoms with Crippen LogP contribution >= 0.6 is 0 Å². The normalized spacial score (nSPS) is 21.9. The molecule has 0 aromatic heterocycles. The third-order valence-electron chi connectivity index (χ3n) is 3.56. The van der Waals surface area contributed by atoms with Gasteiger partial charge in [-0.2, -0.15) is 0 Å². The molecule has 0 radical (unpaired) electrons. The standard InChI is InChI=1S/C12H21N3O3/c1-11(16)14-4-2-3-13(5-7-14)6-8-15-9-10-18-12(15)17/h2-10H2,1H3. The first-order valence-electron chi connectivity index (χ1n) is 6.56. The second-order valence-corrected chi connectivity index (χ2v) is 4.80. The molecule has 0 atom stereocenters. The number of hydrogen-bond donors (Lipinski definition) is 0. The van der Waals surface area contributed by atoms with Gasteiger partial charge in [-0.15, -0.1) is 0 Å². The second-order valence-electron chi connectivity index (χ2n) is 4.80. The zero-order valence-corrected chi connectivity index (χ0v) is 10.9. The van der Waals surface area contributed by atoms with Gasteiger partial charge in [0.2, 0.25) is 5.91 Å². The van der Waals surface area contributed by atoms with Gasteiger partial charge in [-0.1, -0.05) is 0 Å². The Labute approximate surface area is 107 Å². The lowest BCUT2D eigenvalue weighted by atomic mass is 10.3. The highest BCUT2D eigenvalue weighted by Crippen LogP contribution is 2.06. The van der Waals surface area contributed by atoms with Crippen LogP contribution in [-0.4, -0.2) is 79.1 Å². The van der Waals surface area contributed by atoms with Gasteiger partial charge in [-0.3, -0.25) is 9.69 Å². The quantitative estimate of drug-likeness (QED) is 0.712. The molecule has 102 valence electrons. The summed E-state index contributed by atoms with van der Waals surface area (Å²) in [6.07, 6.45) is 0.805. The van der Waals surface area contributed by atoms with Crippen LogP contribution in [0.3, 0.4) is 0 Å². The van der Waals surface area contributed by atoms with Crippen LogP contribution in [0.1, 0.15) is 13.3 Å².